The molecule has 0 aromatic heterocycles. The van der Waals surface area contributed by atoms with Crippen LogP contribution >= 0.6 is 0 Å². The zero-order valence-electron chi connectivity index (χ0n) is 11.7. The van der Waals surface area contributed by atoms with Crippen LogP contribution in [-0.2, 0) is 16.0 Å². The summed E-state index contributed by atoms with van der Waals surface area (Å²) in [4.78, 5) is 32.3. The number of nitro benzene ring substituents is 1. The van der Waals surface area contributed by atoms with Crippen molar-refractivity contribution in [1.29, 1.82) is 0 Å². The predicted molar refractivity (Wildman–Crippen MR) is 71.7 cm³/mol. The quantitative estimate of drug-likeness (QED) is 0.586. The molecule has 0 saturated heterocycles. The highest BCUT2D eigenvalue weighted by atomic mass is 19.4. The number of carbonyl (C=O) groups is 2. The Labute approximate surface area is 128 Å². The lowest BCUT2D eigenvalue weighted by molar-refractivity contribution is -0.384. The minimum Gasteiger partial charge on any atom is -0.480 e. The summed E-state index contributed by atoms with van der Waals surface area (Å²) in [5, 5.41) is 21.1. The molecule has 2 N–H and O–H groups in total. The van der Waals surface area contributed by atoms with Crippen LogP contribution in [0.3, 0.4) is 0 Å². The average molecular weight is 334 g/mol. The number of nitrogens with one attached hydrogen (secondary N) is 1. The molecule has 0 radical (unpaired) electrons. The smallest absolute Gasteiger partial charge is 0.391 e. The summed E-state index contributed by atoms with van der Waals surface area (Å²) in [5.74, 6) is -2.67. The van der Waals surface area contributed by atoms with Crippen molar-refractivity contribution in [3.63, 3.8) is 0 Å². The van der Waals surface area contributed by atoms with Gasteiger partial charge in [-0.05, 0) is 12.0 Å². The molecule has 0 aliphatic rings. The summed E-state index contributed by atoms with van der Waals surface area (Å²) in [7, 11) is 0. The number of nitro groups is 1. The van der Waals surface area contributed by atoms with Crippen molar-refractivity contribution in [3.8, 4) is 0 Å². The Balaban J connectivity index is 2.60. The number of benzene rings is 1. The Morgan fingerprint density at radius 1 is 1.35 bits per heavy atom. The van der Waals surface area contributed by atoms with Crippen LogP contribution in [0, 0.1) is 10.1 Å². The van der Waals surface area contributed by atoms with Gasteiger partial charge in [0.15, 0.2) is 0 Å². The summed E-state index contributed by atoms with van der Waals surface area (Å²) in [6.07, 6.45) is -6.66. The van der Waals surface area contributed by atoms with E-state index in [9.17, 15) is 32.9 Å². The zero-order valence-corrected chi connectivity index (χ0v) is 11.7. The fourth-order valence-corrected chi connectivity index (χ4v) is 1.78. The van der Waals surface area contributed by atoms with Gasteiger partial charge in [0.2, 0.25) is 5.91 Å². The van der Waals surface area contributed by atoms with Gasteiger partial charge in [-0.3, -0.25) is 14.9 Å². The van der Waals surface area contributed by atoms with Crippen molar-refractivity contribution in [1.82, 2.24) is 5.32 Å². The van der Waals surface area contributed by atoms with Crippen molar-refractivity contribution in [2.75, 3.05) is 0 Å². The number of aliphatic carboxylic acids is 1. The van der Waals surface area contributed by atoms with E-state index >= 15 is 0 Å². The second-order valence-corrected chi connectivity index (χ2v) is 4.70. The number of halogens is 3. The Morgan fingerprint density at radius 3 is 2.52 bits per heavy atom. The Hall–Kier alpha value is -2.65. The molecule has 1 aromatic carbocycles. The molecule has 1 rings (SSSR count). The van der Waals surface area contributed by atoms with Crippen LogP contribution in [0.15, 0.2) is 24.3 Å². The van der Waals surface area contributed by atoms with E-state index in [0.29, 0.717) is 5.56 Å². The largest absolute Gasteiger partial charge is 0.480 e. The minimum absolute atomic E-state index is 0.0336. The van der Waals surface area contributed by atoms with Crippen LogP contribution < -0.4 is 5.32 Å². The fourth-order valence-electron chi connectivity index (χ4n) is 1.78. The lowest BCUT2D eigenvalue weighted by atomic mass is 10.1. The van der Waals surface area contributed by atoms with Crippen LogP contribution in [0.4, 0.5) is 18.9 Å². The summed E-state index contributed by atoms with van der Waals surface area (Å²) in [5.41, 5.74) is 0.264. The van der Waals surface area contributed by atoms with Gasteiger partial charge in [0.25, 0.3) is 5.69 Å². The van der Waals surface area contributed by atoms with E-state index < -0.39 is 35.4 Å². The number of carboxylic acids is 1. The first-order valence-electron chi connectivity index (χ1n) is 6.41. The van der Waals surface area contributed by atoms with Crippen molar-refractivity contribution in [3.05, 3.63) is 39.9 Å². The van der Waals surface area contributed by atoms with Crippen molar-refractivity contribution >= 4 is 17.6 Å². The fraction of sp³-hybridized carbons (Fsp3) is 0.385. The summed E-state index contributed by atoms with van der Waals surface area (Å²) >= 11 is 0. The van der Waals surface area contributed by atoms with Crippen molar-refractivity contribution in [2.45, 2.75) is 31.5 Å². The third-order valence-corrected chi connectivity index (χ3v) is 2.83. The van der Waals surface area contributed by atoms with Crippen LogP contribution in [0.25, 0.3) is 0 Å². The molecule has 126 valence electrons. The first-order valence-corrected chi connectivity index (χ1v) is 6.41. The van der Waals surface area contributed by atoms with E-state index in [1.807, 2.05) is 0 Å². The third-order valence-electron chi connectivity index (χ3n) is 2.83. The second-order valence-electron chi connectivity index (χ2n) is 4.70. The van der Waals surface area contributed by atoms with Gasteiger partial charge in [-0.2, -0.15) is 13.2 Å². The maximum absolute atomic E-state index is 12.2. The molecule has 0 bridgehead atoms. The number of hydrogen-bond donors (Lipinski definition) is 2. The van der Waals surface area contributed by atoms with E-state index in [2.05, 4.69) is 0 Å². The van der Waals surface area contributed by atoms with Gasteiger partial charge in [0.1, 0.15) is 6.04 Å². The molecule has 7 nitrogen and oxygen atoms in total. The van der Waals surface area contributed by atoms with Gasteiger partial charge in [-0.1, -0.05) is 12.1 Å². The number of carboxylic acid groups (broad SMARTS) is 1. The topological polar surface area (TPSA) is 110 Å². The maximum atomic E-state index is 12.2. The molecule has 0 aliphatic carbocycles. The average Bonchev–Trinajstić information content (AvgIpc) is 2.43. The van der Waals surface area contributed by atoms with Gasteiger partial charge < -0.3 is 10.4 Å². The van der Waals surface area contributed by atoms with E-state index in [1.165, 1.54) is 24.3 Å². The normalized spacial score (nSPS) is 12.5. The Kier molecular flexibility index (Phi) is 6.05. The maximum Gasteiger partial charge on any atom is 0.391 e. The molecule has 1 unspecified atom stereocenters. The first-order chi connectivity index (χ1) is 10.6. The van der Waals surface area contributed by atoms with Crippen LogP contribution in [0.1, 0.15) is 18.4 Å². The molecular formula is C13H13F3N2O5. The van der Waals surface area contributed by atoms with Crippen molar-refractivity contribution < 1.29 is 32.8 Å². The minimum atomic E-state index is -4.73. The number of nitrogens with zero attached hydrogens (tertiary/aromatic N) is 1. The molecule has 0 spiro atoms. The molecule has 10 heteroatoms. The second kappa shape index (κ2) is 7.56. The van der Waals surface area contributed by atoms with Crippen LogP contribution in [0.2, 0.25) is 0 Å². The summed E-state index contributed by atoms with van der Waals surface area (Å²) < 4.78 is 36.6. The molecule has 0 fully saturated rings. The van der Waals surface area contributed by atoms with E-state index in [1.54, 1.807) is 5.32 Å². The number of amides is 1. The number of alkyl halides is 3. The van der Waals surface area contributed by atoms with E-state index in [4.69, 9.17) is 5.11 Å². The van der Waals surface area contributed by atoms with Gasteiger partial charge in [0, 0.05) is 18.6 Å². The monoisotopic (exact) mass is 334 g/mol. The molecule has 23 heavy (non-hydrogen) atoms. The highest BCUT2D eigenvalue weighted by molar-refractivity contribution is 5.83. The summed E-state index contributed by atoms with van der Waals surface area (Å²) in [6.45, 7) is 0. The molecule has 0 aliphatic heterocycles. The molecule has 1 atom stereocenters. The third kappa shape index (κ3) is 6.76. The van der Waals surface area contributed by atoms with E-state index in [-0.39, 0.29) is 18.5 Å². The number of hydrogen-bond acceptors (Lipinski definition) is 4. The number of non-ortho nitro benzene ring substituents is 1. The molecule has 0 saturated carbocycles. The molecule has 0 heterocycles. The number of rotatable bonds is 7. The first kappa shape index (κ1) is 18.4. The van der Waals surface area contributed by atoms with Gasteiger partial charge >= 0.3 is 12.1 Å². The SMILES string of the molecule is O=C(CCc1cccc([N+](=O)[O-])c1)NC(CC(F)(F)F)C(=O)O. The Morgan fingerprint density at radius 2 is 2.00 bits per heavy atom. The molecule has 1 amide bonds. The predicted octanol–water partition coefficient (Wildman–Crippen LogP) is 2.05. The van der Waals surface area contributed by atoms with Crippen LogP contribution in [-0.4, -0.2) is 34.1 Å². The van der Waals surface area contributed by atoms with Crippen molar-refractivity contribution in [2.24, 2.45) is 0 Å². The van der Waals surface area contributed by atoms with Gasteiger partial charge in [-0.25, -0.2) is 4.79 Å². The molecule has 1 aromatic rings. The standard InChI is InChI=1S/C13H13F3N2O5/c14-13(15,16)7-10(12(20)21)17-11(19)5-4-8-2-1-3-9(6-8)18(22)23/h1-3,6,10H,4-5,7H2,(H,17,19)(H,20,21). The lowest BCUT2D eigenvalue weighted by Crippen LogP contribution is -2.43. The number of carbonyl (C=O) groups excluding carboxylic acids is 1. The number of aryl methyl sites for hydroxylation is 1. The molecular weight excluding hydrogens is 321 g/mol. The lowest BCUT2D eigenvalue weighted by Gasteiger charge is -2.16. The van der Waals surface area contributed by atoms with Crippen LogP contribution in [0.5, 0.6) is 0 Å². The summed E-state index contributed by atoms with van der Waals surface area (Å²) in [6, 6.07) is 3.36. The highest BCUT2D eigenvalue weighted by Gasteiger charge is 2.36. The van der Waals surface area contributed by atoms with Gasteiger partial charge in [0.05, 0.1) is 11.3 Å². The highest BCUT2D eigenvalue weighted by Crippen LogP contribution is 2.21. The zero-order chi connectivity index (χ0) is 17.6. The Bertz CT molecular complexity index is 604. The van der Waals surface area contributed by atoms with E-state index in [0.717, 1.165) is 0 Å². The van der Waals surface area contributed by atoms with Gasteiger partial charge in [-0.15, -0.1) is 0 Å².